The summed E-state index contributed by atoms with van der Waals surface area (Å²) >= 11 is 4.86. The molecule has 0 spiro atoms. The standard InChI is InChI=1S/C7H6N2S.Na.H/c10-7-8-5-3-1-2-4-6(5)9-7;;/h1,3-4H,2H2,(H,9,10);;/q;+1;-1. The molecule has 0 aromatic heterocycles. The first-order valence-electron chi connectivity index (χ1n) is 3.13. The first-order chi connectivity index (χ1) is 4.86. The van der Waals surface area contributed by atoms with Crippen molar-refractivity contribution in [2.75, 3.05) is 0 Å². The Balaban J connectivity index is 0.000000605. The third-order valence-corrected chi connectivity index (χ3v) is 1.67. The van der Waals surface area contributed by atoms with Crippen molar-refractivity contribution < 1.29 is 31.0 Å². The molecule has 0 radical (unpaired) electrons. The smallest absolute Gasteiger partial charge is 1.00 e. The molecule has 0 saturated heterocycles. The average molecular weight is 174 g/mol. The van der Waals surface area contributed by atoms with Crippen LogP contribution in [0.5, 0.6) is 0 Å². The zero-order chi connectivity index (χ0) is 6.97. The molecule has 52 valence electrons. The Bertz CT molecular complexity index is 283. The Hall–Kier alpha value is 0.0400. The van der Waals surface area contributed by atoms with Gasteiger partial charge in [0.25, 0.3) is 0 Å². The van der Waals surface area contributed by atoms with Crippen LogP contribution >= 0.6 is 12.2 Å². The second-order valence-corrected chi connectivity index (χ2v) is 2.57. The molecule has 1 N–H and O–H groups in total. The molecule has 0 bridgehead atoms. The van der Waals surface area contributed by atoms with E-state index in [4.69, 9.17) is 12.2 Å². The van der Waals surface area contributed by atoms with Gasteiger partial charge in [-0.05, 0) is 24.7 Å². The van der Waals surface area contributed by atoms with E-state index in [9.17, 15) is 0 Å². The molecule has 0 saturated carbocycles. The summed E-state index contributed by atoms with van der Waals surface area (Å²) in [4.78, 5) is 4.09. The molecule has 0 atom stereocenters. The monoisotopic (exact) mass is 174 g/mol. The van der Waals surface area contributed by atoms with Crippen LogP contribution in [0.3, 0.4) is 0 Å². The fourth-order valence-corrected chi connectivity index (χ4v) is 1.23. The third kappa shape index (κ3) is 1.79. The Morgan fingerprint density at radius 3 is 3.18 bits per heavy atom. The molecule has 2 aliphatic rings. The van der Waals surface area contributed by atoms with Gasteiger partial charge < -0.3 is 6.74 Å². The van der Waals surface area contributed by atoms with Crippen LogP contribution in [-0.2, 0) is 0 Å². The molecule has 2 nitrogen and oxygen atoms in total. The molecular weight excluding hydrogens is 167 g/mol. The first-order valence-corrected chi connectivity index (χ1v) is 3.54. The van der Waals surface area contributed by atoms with Crippen molar-refractivity contribution in [3.8, 4) is 0 Å². The van der Waals surface area contributed by atoms with Crippen molar-refractivity contribution in [2.24, 2.45) is 4.99 Å². The Labute approximate surface area is 94.2 Å². The van der Waals surface area contributed by atoms with E-state index in [1.807, 2.05) is 6.08 Å². The minimum atomic E-state index is 0. The predicted octanol–water partition coefficient (Wildman–Crippen LogP) is -1.72. The molecule has 0 aromatic carbocycles. The third-order valence-electron chi connectivity index (χ3n) is 1.47. The van der Waals surface area contributed by atoms with Crippen LogP contribution in [0.15, 0.2) is 28.9 Å². The minimum absolute atomic E-state index is 0. The van der Waals surface area contributed by atoms with Crippen LogP contribution in [0.25, 0.3) is 0 Å². The molecule has 4 heteroatoms. The maximum Gasteiger partial charge on any atom is 1.00 e. The number of nitrogens with zero attached hydrogens (tertiary/aromatic N) is 1. The molecule has 0 amide bonds. The molecule has 0 unspecified atom stereocenters. The number of allylic oxidation sites excluding steroid dienone is 3. The van der Waals surface area contributed by atoms with Gasteiger partial charge in [-0.3, -0.25) is 0 Å². The van der Waals surface area contributed by atoms with Crippen molar-refractivity contribution in [3.05, 3.63) is 23.9 Å². The van der Waals surface area contributed by atoms with Gasteiger partial charge in [0.2, 0.25) is 0 Å². The van der Waals surface area contributed by atoms with Crippen LogP contribution in [0, 0.1) is 0 Å². The van der Waals surface area contributed by atoms with Crippen LogP contribution in [0.2, 0.25) is 0 Å². The van der Waals surface area contributed by atoms with Gasteiger partial charge in [-0.15, -0.1) is 0 Å². The van der Waals surface area contributed by atoms with Crippen molar-refractivity contribution in [1.82, 2.24) is 5.32 Å². The van der Waals surface area contributed by atoms with Crippen molar-refractivity contribution >= 4 is 23.0 Å². The molecule has 1 aliphatic heterocycles. The summed E-state index contributed by atoms with van der Waals surface area (Å²) in [6, 6.07) is 0. The summed E-state index contributed by atoms with van der Waals surface area (Å²) in [6.45, 7) is 0. The second kappa shape index (κ2) is 3.63. The Morgan fingerprint density at radius 2 is 2.45 bits per heavy atom. The van der Waals surface area contributed by atoms with E-state index in [1.165, 1.54) is 0 Å². The first kappa shape index (κ1) is 9.13. The van der Waals surface area contributed by atoms with Crippen molar-refractivity contribution in [3.63, 3.8) is 0 Å². The number of nitrogens with one attached hydrogen (secondary N) is 1. The molecule has 1 aliphatic carbocycles. The van der Waals surface area contributed by atoms with Crippen molar-refractivity contribution in [1.29, 1.82) is 0 Å². The summed E-state index contributed by atoms with van der Waals surface area (Å²) in [5, 5.41) is 3.57. The van der Waals surface area contributed by atoms with E-state index in [-0.39, 0.29) is 31.0 Å². The van der Waals surface area contributed by atoms with Gasteiger partial charge >= 0.3 is 29.6 Å². The zero-order valence-electron chi connectivity index (χ0n) is 7.29. The summed E-state index contributed by atoms with van der Waals surface area (Å²) in [6.07, 6.45) is 7.11. The van der Waals surface area contributed by atoms with E-state index in [2.05, 4.69) is 22.5 Å². The maximum absolute atomic E-state index is 4.86. The molecular formula is C7H7N2NaS. The number of fused-ring (bicyclic) bond motifs is 1. The largest absolute Gasteiger partial charge is 1.00 e. The van der Waals surface area contributed by atoms with Gasteiger partial charge in [0, 0.05) is 0 Å². The number of aliphatic imine (C=N–C) groups is 1. The molecule has 0 aromatic rings. The average Bonchev–Trinajstić information content (AvgIpc) is 2.27. The fourth-order valence-electron chi connectivity index (χ4n) is 1.03. The SMILES string of the molecule is S=C1N=C2C=CCC=C2N1.[H-].[Na+]. The van der Waals surface area contributed by atoms with E-state index in [1.54, 1.807) is 0 Å². The minimum Gasteiger partial charge on any atom is -1.00 e. The van der Waals surface area contributed by atoms with Crippen LogP contribution in [0.4, 0.5) is 0 Å². The van der Waals surface area contributed by atoms with E-state index in [0.29, 0.717) is 5.11 Å². The topological polar surface area (TPSA) is 24.4 Å². The zero-order valence-corrected chi connectivity index (χ0v) is 9.11. The van der Waals surface area contributed by atoms with E-state index in [0.717, 1.165) is 17.8 Å². The van der Waals surface area contributed by atoms with Crippen molar-refractivity contribution in [2.45, 2.75) is 6.42 Å². The molecule has 0 fully saturated rings. The van der Waals surface area contributed by atoms with Gasteiger partial charge in [0.1, 0.15) is 0 Å². The number of hydrogen-bond donors (Lipinski definition) is 1. The Morgan fingerprint density at radius 1 is 1.64 bits per heavy atom. The van der Waals surface area contributed by atoms with Gasteiger partial charge in [-0.25, -0.2) is 4.99 Å². The van der Waals surface area contributed by atoms with E-state index < -0.39 is 0 Å². The summed E-state index contributed by atoms with van der Waals surface area (Å²) in [5.74, 6) is 0. The summed E-state index contributed by atoms with van der Waals surface area (Å²) < 4.78 is 0. The Kier molecular flexibility index (Phi) is 3.01. The fraction of sp³-hybridized carbons (Fsp3) is 0.143. The van der Waals surface area contributed by atoms with Gasteiger partial charge in [0.05, 0.1) is 11.4 Å². The van der Waals surface area contributed by atoms with Crippen LogP contribution in [-0.4, -0.2) is 10.8 Å². The predicted molar refractivity (Wildman–Crippen MR) is 46.1 cm³/mol. The summed E-state index contributed by atoms with van der Waals surface area (Å²) in [5.41, 5.74) is 2.03. The molecule has 2 rings (SSSR count). The maximum atomic E-state index is 4.86. The summed E-state index contributed by atoms with van der Waals surface area (Å²) in [7, 11) is 0. The van der Waals surface area contributed by atoms with E-state index >= 15 is 0 Å². The van der Waals surface area contributed by atoms with Gasteiger partial charge in [-0.2, -0.15) is 0 Å². The number of hydrogen-bond acceptors (Lipinski definition) is 1. The molecule has 11 heavy (non-hydrogen) atoms. The van der Waals surface area contributed by atoms with Crippen LogP contribution < -0.4 is 34.9 Å². The molecule has 1 heterocycles. The normalized spacial score (nSPS) is 19.5. The number of thiocarbonyl (C=S) groups is 1. The van der Waals surface area contributed by atoms with Gasteiger partial charge in [-0.1, -0.05) is 12.2 Å². The quantitative estimate of drug-likeness (QED) is 0.349. The number of rotatable bonds is 0. The second-order valence-electron chi connectivity index (χ2n) is 2.18. The van der Waals surface area contributed by atoms with Crippen LogP contribution in [0.1, 0.15) is 7.85 Å². The van der Waals surface area contributed by atoms with Gasteiger partial charge in [0.15, 0.2) is 5.11 Å².